The van der Waals surface area contributed by atoms with Crippen molar-refractivity contribution in [2.75, 3.05) is 25.6 Å². The fraction of sp³-hybridized carbons (Fsp3) is 0.400. The lowest BCUT2D eigenvalue weighted by atomic mass is 9.85. The van der Waals surface area contributed by atoms with E-state index in [4.69, 9.17) is 19.2 Å². The summed E-state index contributed by atoms with van der Waals surface area (Å²) in [6.45, 7) is 17.6. The zero-order valence-corrected chi connectivity index (χ0v) is 45.5. The van der Waals surface area contributed by atoms with Crippen molar-refractivity contribution in [2.24, 2.45) is 5.41 Å². The quantitative estimate of drug-likeness (QED) is 0.0647. The molecule has 4 amide bonds. The predicted octanol–water partition coefficient (Wildman–Crippen LogP) is 10.5. The summed E-state index contributed by atoms with van der Waals surface area (Å²) < 4.78 is 19.0. The van der Waals surface area contributed by atoms with Crippen molar-refractivity contribution in [3.8, 4) is 55.6 Å². The number of aryl methyl sites for hydroxylation is 1. The van der Waals surface area contributed by atoms with Gasteiger partial charge in [0.1, 0.15) is 17.7 Å². The molecule has 0 bridgehead atoms. The van der Waals surface area contributed by atoms with Crippen molar-refractivity contribution < 1.29 is 38.5 Å². The van der Waals surface area contributed by atoms with Crippen molar-refractivity contribution in [3.63, 3.8) is 0 Å². The minimum atomic E-state index is -0.954. The van der Waals surface area contributed by atoms with E-state index in [2.05, 4.69) is 20.9 Å². The first-order valence-corrected chi connectivity index (χ1v) is 26.6. The summed E-state index contributed by atoms with van der Waals surface area (Å²) >= 11 is 1.58. The number of aliphatic hydroxyl groups is 1. The summed E-state index contributed by atoms with van der Waals surface area (Å²) in [4.78, 5) is 67.1. The number of nitrogens with zero attached hydrogens (tertiary/aromatic N) is 3. The van der Waals surface area contributed by atoms with Crippen LogP contribution in [-0.4, -0.2) is 93.3 Å². The second kappa shape index (κ2) is 22.5. The summed E-state index contributed by atoms with van der Waals surface area (Å²) in [5.74, 6) is -0.152. The molecule has 4 heterocycles. The average molecular weight is 1040 g/mol. The molecule has 0 unspecified atom stereocenters. The highest BCUT2D eigenvalue weighted by molar-refractivity contribution is 7.13. The lowest BCUT2D eigenvalue weighted by Gasteiger charge is -2.36. The second-order valence-electron chi connectivity index (χ2n) is 22.0. The fourth-order valence-corrected chi connectivity index (χ4v) is 10.5. The summed E-state index contributed by atoms with van der Waals surface area (Å²) in [6.07, 6.45) is 0.319. The number of pyridine rings is 1. The van der Waals surface area contributed by atoms with E-state index in [1.165, 1.54) is 4.90 Å². The first kappa shape index (κ1) is 54.3. The van der Waals surface area contributed by atoms with E-state index in [-0.39, 0.29) is 49.6 Å². The lowest BCUT2D eigenvalue weighted by Crippen LogP contribution is -2.58. The number of methoxy groups -OCH3 is 1. The molecule has 15 heteroatoms. The molecule has 394 valence electrons. The van der Waals surface area contributed by atoms with E-state index in [1.54, 1.807) is 18.4 Å². The van der Waals surface area contributed by atoms with Gasteiger partial charge in [-0.15, -0.1) is 11.3 Å². The molecule has 4 aromatic carbocycles. The maximum Gasteiger partial charge on any atom is 0.246 e. The number of amides is 4. The van der Waals surface area contributed by atoms with Gasteiger partial charge < -0.3 is 40.2 Å². The van der Waals surface area contributed by atoms with Gasteiger partial charge >= 0.3 is 0 Å². The van der Waals surface area contributed by atoms with Gasteiger partial charge in [-0.05, 0) is 105 Å². The third-order valence-electron chi connectivity index (χ3n) is 14.1. The summed E-state index contributed by atoms with van der Waals surface area (Å²) in [7, 11) is 1.60. The molecule has 0 aliphatic carbocycles. The Morgan fingerprint density at radius 3 is 2.24 bits per heavy atom. The number of thiazole rings is 1. The smallest absolute Gasteiger partial charge is 0.246 e. The molecular formula is C60H70N6O8S. The van der Waals surface area contributed by atoms with Crippen LogP contribution in [-0.2, 0) is 30.3 Å². The Bertz CT molecular complexity index is 3040. The van der Waals surface area contributed by atoms with E-state index in [9.17, 15) is 24.3 Å². The van der Waals surface area contributed by atoms with Crippen LogP contribution in [0.5, 0.6) is 11.5 Å². The average Bonchev–Trinajstić information content (AvgIpc) is 3.96. The lowest BCUT2D eigenvalue weighted by molar-refractivity contribution is -0.144. The zero-order valence-electron chi connectivity index (χ0n) is 44.7. The Kier molecular flexibility index (Phi) is 16.3. The summed E-state index contributed by atoms with van der Waals surface area (Å²) in [5.41, 5.74) is 9.21. The highest BCUT2D eigenvalue weighted by atomic mass is 32.1. The maximum atomic E-state index is 14.3. The van der Waals surface area contributed by atoms with Crippen molar-refractivity contribution in [1.29, 1.82) is 0 Å². The largest absolute Gasteiger partial charge is 0.493 e. The number of nitrogens with one attached hydrogen (secondary N) is 3. The van der Waals surface area contributed by atoms with E-state index in [0.29, 0.717) is 30.9 Å². The van der Waals surface area contributed by atoms with Gasteiger partial charge in [-0.25, -0.2) is 9.97 Å². The van der Waals surface area contributed by atoms with Crippen LogP contribution in [0, 0.1) is 12.3 Å². The fourth-order valence-electron chi connectivity index (χ4n) is 9.72. The number of carbonyl (C=O) groups excluding carboxylic acids is 4. The molecule has 2 aliphatic rings. The number of hydrogen-bond donors (Lipinski definition) is 4. The molecule has 6 aromatic rings. The number of benzene rings is 4. The van der Waals surface area contributed by atoms with Crippen LogP contribution in [0.3, 0.4) is 0 Å². The predicted molar refractivity (Wildman–Crippen MR) is 294 cm³/mol. The van der Waals surface area contributed by atoms with Crippen LogP contribution in [0.25, 0.3) is 44.1 Å². The molecule has 0 spiro atoms. The van der Waals surface area contributed by atoms with Gasteiger partial charge in [-0.3, -0.25) is 19.2 Å². The molecule has 1 saturated heterocycles. The second-order valence-corrected chi connectivity index (χ2v) is 22.8. The number of rotatable bonds is 18. The maximum absolute atomic E-state index is 14.3. The Hall–Kier alpha value is -6.94. The van der Waals surface area contributed by atoms with Gasteiger partial charge in [0.2, 0.25) is 23.6 Å². The van der Waals surface area contributed by atoms with Crippen molar-refractivity contribution >= 4 is 40.7 Å². The highest BCUT2D eigenvalue weighted by Crippen LogP contribution is 2.43. The Labute approximate surface area is 444 Å². The van der Waals surface area contributed by atoms with Crippen LogP contribution < -0.4 is 25.4 Å². The van der Waals surface area contributed by atoms with E-state index in [0.717, 1.165) is 66.6 Å². The molecular weight excluding hydrogens is 965 g/mol. The van der Waals surface area contributed by atoms with Crippen molar-refractivity contribution in [2.45, 2.75) is 130 Å². The van der Waals surface area contributed by atoms with Crippen LogP contribution in [0.4, 0.5) is 5.69 Å². The topological polar surface area (TPSA) is 181 Å². The molecule has 75 heavy (non-hydrogen) atoms. The van der Waals surface area contributed by atoms with Crippen molar-refractivity contribution in [3.05, 3.63) is 125 Å². The number of likely N-dealkylation sites (tertiary alicyclic amines) is 1. The van der Waals surface area contributed by atoms with Gasteiger partial charge in [-0.1, -0.05) is 99.6 Å². The summed E-state index contributed by atoms with van der Waals surface area (Å²) in [6, 6.07) is 31.3. The number of β-amino-alcohol motifs (C(OH)–C–C–N with tert-alkyl or cyclic N) is 1. The van der Waals surface area contributed by atoms with E-state index < -0.39 is 40.7 Å². The molecule has 14 nitrogen and oxygen atoms in total. The number of para-hydroxylation sites is 1. The first-order chi connectivity index (χ1) is 35.6. The molecule has 1 fully saturated rings. The summed E-state index contributed by atoms with van der Waals surface area (Å²) in [5, 5.41) is 19.9. The minimum Gasteiger partial charge on any atom is -0.493 e. The van der Waals surface area contributed by atoms with Crippen molar-refractivity contribution in [1.82, 2.24) is 25.5 Å². The molecule has 4 atom stereocenters. The monoisotopic (exact) mass is 1030 g/mol. The van der Waals surface area contributed by atoms with Crippen LogP contribution >= 0.6 is 11.3 Å². The van der Waals surface area contributed by atoms with Gasteiger partial charge in [-0.2, -0.15) is 0 Å². The SMILES string of the molecule is COc1cc(-c2cc(-c3ccccc3)nc3c2CC(=O)Nc2ccccc2-3)ccc1OC(C)(C)CCOC(C)(C)CCC(=O)N[C@H](C(=O)N1C[C@H](O)C[C@H]1C(=O)N[C@@H](C)c1ccc(-c2scnc2C)cc1)C(C)(C)C. The first-order valence-electron chi connectivity index (χ1n) is 25.7. The number of aliphatic hydroxyl groups excluding tert-OH is 1. The molecule has 0 saturated carbocycles. The van der Waals surface area contributed by atoms with Gasteiger partial charge in [0.05, 0.1) is 71.0 Å². The minimum absolute atomic E-state index is 0.0179. The zero-order chi connectivity index (χ0) is 53.8. The van der Waals surface area contributed by atoms with E-state index in [1.807, 2.05) is 171 Å². The third kappa shape index (κ3) is 12.9. The molecule has 2 aliphatic heterocycles. The molecule has 8 rings (SSSR count). The molecule has 0 radical (unpaired) electrons. The molecule has 4 N–H and O–H groups in total. The number of aromatic nitrogens is 2. The molecule has 2 aromatic heterocycles. The van der Waals surface area contributed by atoms with Crippen LogP contribution in [0.1, 0.15) is 104 Å². The van der Waals surface area contributed by atoms with Gasteiger partial charge in [0.15, 0.2) is 11.5 Å². The van der Waals surface area contributed by atoms with E-state index >= 15 is 0 Å². The van der Waals surface area contributed by atoms with Gasteiger partial charge in [0, 0.05) is 36.9 Å². The number of ether oxygens (including phenoxy) is 3. The normalized spacial score (nSPS) is 16.5. The third-order valence-corrected chi connectivity index (χ3v) is 15.0. The number of anilines is 1. The Morgan fingerprint density at radius 2 is 1.55 bits per heavy atom. The highest BCUT2D eigenvalue weighted by Gasteiger charge is 2.45. The number of carbonyl (C=O) groups is 4. The van der Waals surface area contributed by atoms with Crippen LogP contribution in [0.2, 0.25) is 0 Å². The standard InChI is InChI=1S/C60H70N6O8S/c1-36(38-20-22-40(23-21-38)54-37(2)61-35-75-54)62-56(70)48-31-42(67)34-66(48)57(71)55(58(3,4)5)65-51(68)26-27-59(6,7)73-29-28-60(8,9)74-49-25-24-41(30-50(49)72-10)44-32-47(39-16-12-11-13-17-39)64-53-43-18-14-15-19-46(43)63-52(69)33-45(44)53/h11-25,30,32,35-36,42,48,55,67H,26-29,31,33-34H2,1-10H3,(H,62,70)(H,63,69)(H,65,68)/t36-,42+,48-,55+/m0/s1. The van der Waals surface area contributed by atoms with Crippen LogP contribution in [0.15, 0.2) is 109 Å². The Balaban J connectivity index is 0.871. The number of fused-ring (bicyclic) bond motifs is 3. The Morgan fingerprint density at radius 1 is 0.840 bits per heavy atom. The van der Waals surface area contributed by atoms with Gasteiger partial charge in [0.25, 0.3) is 0 Å². The number of hydrogen-bond acceptors (Lipinski definition) is 11.